The first kappa shape index (κ1) is 48.0. The number of fused-ring (bicyclic) bond motifs is 2. The highest BCUT2D eigenvalue weighted by atomic mass is 79.9. The van der Waals surface area contributed by atoms with Crippen LogP contribution >= 0.6 is 23.1 Å². The van der Waals surface area contributed by atoms with Crippen LogP contribution in [-0.2, 0) is 33.5 Å². The number of rotatable bonds is 15. The van der Waals surface area contributed by atoms with Gasteiger partial charge in [0, 0.05) is 116 Å². The molecule has 5 aliphatic heterocycles. The van der Waals surface area contributed by atoms with Gasteiger partial charge in [0.15, 0.2) is 0 Å². The minimum absolute atomic E-state index is 0.194. The Hall–Kier alpha value is -5.61. The van der Waals surface area contributed by atoms with Gasteiger partial charge < -0.3 is 34.5 Å². The molecule has 4 saturated heterocycles. The van der Waals surface area contributed by atoms with Gasteiger partial charge in [0.1, 0.15) is 37.1 Å². The molecule has 16 nitrogen and oxygen atoms in total. The number of nitrogens with one attached hydrogen (secondary N) is 3. The number of piperidine rings is 2. The van der Waals surface area contributed by atoms with Crippen molar-refractivity contribution in [1.82, 2.24) is 35.0 Å². The predicted molar refractivity (Wildman–Crippen MR) is 277 cm³/mol. The average Bonchev–Trinajstić information content (AvgIpc) is 3.97. The fourth-order valence-corrected chi connectivity index (χ4v) is 14.7. The van der Waals surface area contributed by atoms with Crippen LogP contribution in [0.1, 0.15) is 79.6 Å². The van der Waals surface area contributed by atoms with Gasteiger partial charge in [-0.15, -0.1) is 0 Å². The van der Waals surface area contributed by atoms with Gasteiger partial charge in [-0.1, -0.05) is 26.0 Å². The van der Waals surface area contributed by atoms with Crippen molar-refractivity contribution in [3.8, 4) is 11.5 Å². The summed E-state index contributed by atoms with van der Waals surface area (Å²) in [7, 11) is -0.948. The molecule has 0 aliphatic carbocycles. The van der Waals surface area contributed by atoms with E-state index in [9.17, 15) is 18.9 Å². The van der Waals surface area contributed by atoms with Gasteiger partial charge in [0.2, 0.25) is 17.8 Å². The van der Waals surface area contributed by atoms with Crippen molar-refractivity contribution in [2.45, 2.75) is 83.8 Å². The number of hydrogen-bond acceptors (Lipinski definition) is 14. The first-order valence-electron chi connectivity index (χ1n) is 24.9. The lowest BCUT2D eigenvalue weighted by atomic mass is 9.99. The van der Waals surface area contributed by atoms with Crippen molar-refractivity contribution in [1.29, 1.82) is 0 Å². The van der Waals surface area contributed by atoms with Crippen molar-refractivity contribution in [2.24, 2.45) is 0 Å². The van der Waals surface area contributed by atoms with Crippen molar-refractivity contribution in [2.75, 3.05) is 87.4 Å². The highest BCUT2D eigenvalue weighted by Crippen LogP contribution is 2.54. The number of anilines is 5. The number of aryl methyl sites for hydroxylation is 2. The number of carbonyl (C=O) groups excluding carboxylic acids is 3. The Kier molecular flexibility index (Phi) is 14.2. The number of benzene rings is 3. The molecule has 4 fully saturated rings. The maximum Gasteiger partial charge on any atom is 0.255 e. The molecule has 368 valence electrons. The quantitative estimate of drug-likeness (QED) is 0.0690. The molecule has 0 spiro atoms. The molecule has 0 bridgehead atoms. The highest BCUT2D eigenvalue weighted by molar-refractivity contribution is 9.10. The van der Waals surface area contributed by atoms with Gasteiger partial charge in [-0.05, 0) is 103 Å². The van der Waals surface area contributed by atoms with E-state index < -0.39 is 19.1 Å². The van der Waals surface area contributed by atoms with Crippen LogP contribution in [0.2, 0.25) is 0 Å². The number of piperazine rings is 1. The molecule has 3 N–H and O–H groups in total. The summed E-state index contributed by atoms with van der Waals surface area (Å²) in [5, 5.41) is 11.2. The Balaban J connectivity index is 0.740. The molecule has 10 rings (SSSR count). The number of amides is 3. The van der Waals surface area contributed by atoms with Crippen LogP contribution in [0.15, 0.2) is 65.3 Å². The van der Waals surface area contributed by atoms with Crippen molar-refractivity contribution < 1.29 is 28.4 Å². The van der Waals surface area contributed by atoms with E-state index in [0.29, 0.717) is 71.2 Å². The van der Waals surface area contributed by atoms with Gasteiger partial charge >= 0.3 is 0 Å². The van der Waals surface area contributed by atoms with Crippen LogP contribution in [0.4, 0.5) is 28.8 Å². The second-order valence-electron chi connectivity index (χ2n) is 19.0. The molecular formula is C52H62BrN10O6P. The lowest BCUT2D eigenvalue weighted by Crippen LogP contribution is -2.53. The summed E-state index contributed by atoms with van der Waals surface area (Å²) in [4.78, 5) is 61.1. The summed E-state index contributed by atoms with van der Waals surface area (Å²) >= 11 is 3.68. The van der Waals surface area contributed by atoms with Crippen molar-refractivity contribution in [3.63, 3.8) is 0 Å². The molecule has 3 aromatic carbocycles. The lowest BCUT2D eigenvalue weighted by molar-refractivity contribution is -0.136. The maximum absolute atomic E-state index is 14.5. The molecule has 3 amide bonds. The molecule has 7 heterocycles. The number of halogens is 1. The van der Waals surface area contributed by atoms with E-state index in [1.807, 2.05) is 30.3 Å². The number of ether oxygens (including phenoxy) is 2. The number of nitrogens with zero attached hydrogens (tertiary/aromatic N) is 7. The van der Waals surface area contributed by atoms with Crippen LogP contribution in [0.3, 0.4) is 0 Å². The van der Waals surface area contributed by atoms with Crippen LogP contribution < -0.4 is 35.6 Å². The normalized spacial score (nSPS) is 19.9. The lowest BCUT2D eigenvalue weighted by Gasteiger charge is -2.43. The fourth-order valence-electron chi connectivity index (χ4n) is 11.1. The van der Waals surface area contributed by atoms with Crippen LogP contribution in [-0.4, -0.2) is 131 Å². The SMILES string of the molecule is CCc1ccc2c(P3(=O)CCCC3)c(Nc3nc(Nc4cc(CC)c(N5CCC(N6CCN(CCOc7cccc8c7CN(C7CCC(=O)NC7=O)C8=O)CC6)CC5)cc4OC)ncc3Br)ccc2n1. The smallest absolute Gasteiger partial charge is 0.255 e. The second-order valence-corrected chi connectivity index (χ2v) is 23.0. The zero-order chi connectivity index (χ0) is 48.5. The topological polar surface area (TPSA) is 174 Å². The standard InChI is InChI=1S/C52H62BrN10O6P/c1-4-33-29-42(57-52-54-31-39(53)49(59-52)56-41-14-13-40-37(12-11-34(5-2)55-40)48(41)70(67)27-6-7-28-70)46(68-3)30-44(33)62-19-17-35(18-20-62)61-23-21-60(22-24-61)25-26-69-45-10-8-9-36-38(45)32-63(51(36)66)43-15-16-47(64)58-50(43)65/h8-14,29-31,35,43H,4-7,15-28,32H2,1-3H3,(H,58,64,65)(H2,54,56,57,59). The van der Waals surface area contributed by atoms with Gasteiger partial charge in [0.25, 0.3) is 5.91 Å². The van der Waals surface area contributed by atoms with E-state index in [1.54, 1.807) is 24.3 Å². The second kappa shape index (κ2) is 20.6. The predicted octanol–water partition coefficient (Wildman–Crippen LogP) is 7.62. The third-order valence-corrected chi connectivity index (χ3v) is 18.9. The van der Waals surface area contributed by atoms with E-state index >= 15 is 0 Å². The maximum atomic E-state index is 14.5. The first-order valence-corrected chi connectivity index (χ1v) is 27.8. The van der Waals surface area contributed by atoms with Crippen LogP contribution in [0.25, 0.3) is 10.9 Å². The molecule has 18 heteroatoms. The average molecular weight is 1030 g/mol. The zero-order valence-corrected chi connectivity index (χ0v) is 42.7. The molecule has 70 heavy (non-hydrogen) atoms. The fraction of sp³-hybridized carbons (Fsp3) is 0.462. The zero-order valence-electron chi connectivity index (χ0n) is 40.3. The molecule has 1 atom stereocenters. The Labute approximate surface area is 417 Å². The van der Waals surface area contributed by atoms with E-state index in [-0.39, 0.29) is 18.2 Å². The van der Waals surface area contributed by atoms with Gasteiger partial charge in [-0.2, -0.15) is 4.98 Å². The summed E-state index contributed by atoms with van der Waals surface area (Å²) in [6.07, 6.45) is 9.43. The highest BCUT2D eigenvalue weighted by Gasteiger charge is 2.40. The van der Waals surface area contributed by atoms with E-state index in [1.165, 1.54) is 11.3 Å². The molecule has 1 unspecified atom stereocenters. The third kappa shape index (κ3) is 9.74. The minimum Gasteiger partial charge on any atom is -0.494 e. The Morgan fingerprint density at radius 2 is 1.67 bits per heavy atom. The number of methoxy groups -OCH3 is 1. The number of aromatic nitrogens is 3. The van der Waals surface area contributed by atoms with E-state index in [2.05, 4.69) is 83.6 Å². The number of carbonyl (C=O) groups is 3. The van der Waals surface area contributed by atoms with Gasteiger partial charge in [-0.3, -0.25) is 34.5 Å². The Bertz CT molecular complexity index is 2860. The van der Waals surface area contributed by atoms with E-state index in [0.717, 1.165) is 123 Å². The summed E-state index contributed by atoms with van der Waals surface area (Å²) in [6, 6.07) is 17.8. The summed E-state index contributed by atoms with van der Waals surface area (Å²) in [5.74, 6) is 1.47. The molecule has 0 radical (unpaired) electrons. The van der Waals surface area contributed by atoms with Gasteiger partial charge in [-0.25, -0.2) is 4.98 Å². The summed E-state index contributed by atoms with van der Waals surface area (Å²) in [5.41, 5.74) is 7.22. The summed E-state index contributed by atoms with van der Waals surface area (Å²) < 4.78 is 27.5. The summed E-state index contributed by atoms with van der Waals surface area (Å²) in [6.45, 7) is 11.7. The van der Waals surface area contributed by atoms with Crippen molar-refractivity contribution in [3.05, 3.63) is 87.7 Å². The number of pyridine rings is 1. The monoisotopic (exact) mass is 1030 g/mol. The molecular weight excluding hydrogens is 972 g/mol. The third-order valence-electron chi connectivity index (χ3n) is 14.9. The molecule has 0 saturated carbocycles. The molecule has 5 aromatic rings. The first-order chi connectivity index (χ1) is 34.0. The molecule has 2 aromatic heterocycles. The number of hydrogen-bond donors (Lipinski definition) is 3. The molecule has 5 aliphatic rings. The Morgan fingerprint density at radius 1 is 0.871 bits per heavy atom. The van der Waals surface area contributed by atoms with E-state index in [4.69, 9.17) is 19.4 Å². The number of imide groups is 1. The van der Waals surface area contributed by atoms with Crippen LogP contribution in [0, 0.1) is 0 Å². The van der Waals surface area contributed by atoms with Gasteiger partial charge in [0.05, 0.1) is 35.0 Å². The minimum atomic E-state index is -2.64. The van der Waals surface area contributed by atoms with Crippen LogP contribution in [0.5, 0.6) is 11.5 Å². The largest absolute Gasteiger partial charge is 0.494 e. The van der Waals surface area contributed by atoms with Crippen molar-refractivity contribution >= 4 is 85.8 Å². The Morgan fingerprint density at radius 3 is 2.41 bits per heavy atom.